The van der Waals surface area contributed by atoms with Gasteiger partial charge in [-0.25, -0.2) is 0 Å². The first kappa shape index (κ1) is 10.0. The Hall–Kier alpha value is -0.510. The van der Waals surface area contributed by atoms with E-state index in [1.54, 1.807) is 0 Å². The maximum atomic E-state index is 10.9. The Morgan fingerprint density at radius 2 is 2.14 bits per heavy atom. The molecule has 1 amide bonds. The van der Waals surface area contributed by atoms with Gasteiger partial charge in [0, 0.05) is 6.42 Å². The summed E-state index contributed by atoms with van der Waals surface area (Å²) in [6, 6.07) is 8.02. The summed E-state index contributed by atoms with van der Waals surface area (Å²) in [5.74, 6) is 0. The first-order valence-electron chi connectivity index (χ1n) is 4.34. The molecule has 0 saturated carbocycles. The maximum Gasteiger partial charge on any atom is 1.00 e. The normalized spacial score (nSPS) is 27.0. The average Bonchev–Trinajstić information content (AvgIpc) is 2.60. The van der Waals surface area contributed by atoms with Crippen LogP contribution in [0.5, 0.6) is 0 Å². The van der Waals surface area contributed by atoms with Crippen molar-refractivity contribution in [1.82, 2.24) is 0 Å². The molecule has 66 valence electrons. The van der Waals surface area contributed by atoms with Crippen molar-refractivity contribution in [3.05, 3.63) is 40.7 Å². The molecule has 0 radical (unpaired) electrons. The van der Waals surface area contributed by atoms with Gasteiger partial charge in [0.05, 0.1) is 6.10 Å². The van der Waals surface area contributed by atoms with Crippen molar-refractivity contribution in [2.24, 2.45) is 0 Å². The molecule has 4 heteroatoms. The SMILES string of the molecule is O=C1[N-][C@H]2c3ccccc3C[C@H]2O1.[Na+]. The van der Waals surface area contributed by atoms with E-state index in [0.717, 1.165) is 12.0 Å². The third kappa shape index (κ3) is 1.36. The van der Waals surface area contributed by atoms with Gasteiger partial charge in [0.1, 0.15) is 0 Å². The third-order valence-electron chi connectivity index (χ3n) is 2.64. The molecule has 1 aliphatic heterocycles. The number of amides is 1. The Morgan fingerprint density at radius 3 is 3.00 bits per heavy atom. The van der Waals surface area contributed by atoms with Crippen molar-refractivity contribution in [1.29, 1.82) is 0 Å². The molecule has 1 heterocycles. The van der Waals surface area contributed by atoms with Crippen LogP contribution in [0.4, 0.5) is 4.79 Å². The summed E-state index contributed by atoms with van der Waals surface area (Å²) in [6.07, 6.45) is 0.366. The monoisotopic (exact) mass is 197 g/mol. The molecule has 14 heavy (non-hydrogen) atoms. The molecule has 1 aromatic rings. The van der Waals surface area contributed by atoms with Crippen LogP contribution in [0.1, 0.15) is 17.2 Å². The van der Waals surface area contributed by atoms with Gasteiger partial charge in [-0.05, 0) is 11.6 Å². The van der Waals surface area contributed by atoms with Crippen molar-refractivity contribution >= 4 is 6.09 Å². The molecular weight excluding hydrogens is 189 g/mol. The van der Waals surface area contributed by atoms with Crippen molar-refractivity contribution in [2.75, 3.05) is 0 Å². The fourth-order valence-electron chi connectivity index (χ4n) is 2.07. The van der Waals surface area contributed by atoms with Gasteiger partial charge < -0.3 is 10.1 Å². The zero-order valence-corrected chi connectivity index (χ0v) is 9.93. The molecule has 0 spiro atoms. The number of rotatable bonds is 0. The van der Waals surface area contributed by atoms with E-state index in [9.17, 15) is 4.79 Å². The van der Waals surface area contributed by atoms with Crippen LogP contribution in [0, 0.1) is 0 Å². The van der Waals surface area contributed by atoms with E-state index in [4.69, 9.17) is 4.74 Å². The van der Waals surface area contributed by atoms with Crippen LogP contribution in [0.2, 0.25) is 0 Å². The van der Waals surface area contributed by atoms with Crippen LogP contribution in [0.15, 0.2) is 24.3 Å². The fourth-order valence-corrected chi connectivity index (χ4v) is 2.07. The Labute approximate surface area is 104 Å². The minimum Gasteiger partial charge on any atom is -0.608 e. The minimum absolute atomic E-state index is 0. The molecule has 3 rings (SSSR count). The topological polar surface area (TPSA) is 40.4 Å². The molecular formula is C10H8NNaO2. The number of ether oxygens (including phenoxy) is 1. The van der Waals surface area contributed by atoms with Crippen molar-refractivity contribution in [3.63, 3.8) is 0 Å². The summed E-state index contributed by atoms with van der Waals surface area (Å²) in [7, 11) is 0. The summed E-state index contributed by atoms with van der Waals surface area (Å²) >= 11 is 0. The summed E-state index contributed by atoms with van der Waals surface area (Å²) in [6.45, 7) is 0. The van der Waals surface area contributed by atoms with Gasteiger partial charge in [-0.1, -0.05) is 29.8 Å². The van der Waals surface area contributed by atoms with E-state index < -0.39 is 6.09 Å². The number of carbonyl (C=O) groups excluding carboxylic acids is 1. The molecule has 0 N–H and O–H groups in total. The standard InChI is InChI=1S/C10H9NO2.Na/c12-10-11-9-7-4-2-1-3-6(7)5-8(9)13-10;/h1-4,8-9H,5H2,(H,11,12);/q;+1/p-1/t8-,9+;/m1./s1. The Morgan fingerprint density at radius 1 is 1.36 bits per heavy atom. The Bertz CT molecular complexity index is 380. The van der Waals surface area contributed by atoms with Crippen molar-refractivity contribution < 1.29 is 39.1 Å². The average molecular weight is 197 g/mol. The van der Waals surface area contributed by atoms with E-state index in [-0.39, 0.29) is 41.7 Å². The van der Waals surface area contributed by atoms with Crippen LogP contribution in [-0.2, 0) is 11.2 Å². The first-order chi connectivity index (χ1) is 6.34. The molecule has 0 bridgehead atoms. The van der Waals surface area contributed by atoms with Gasteiger partial charge >= 0.3 is 29.6 Å². The van der Waals surface area contributed by atoms with E-state index in [2.05, 4.69) is 11.4 Å². The van der Waals surface area contributed by atoms with Gasteiger partial charge in [0.15, 0.2) is 0 Å². The Kier molecular flexibility index (Phi) is 2.56. The smallest absolute Gasteiger partial charge is 0.608 e. The number of nitrogens with zero attached hydrogens (tertiary/aromatic N) is 1. The second-order valence-corrected chi connectivity index (χ2v) is 3.40. The fraction of sp³-hybridized carbons (Fsp3) is 0.300. The summed E-state index contributed by atoms with van der Waals surface area (Å²) < 4.78 is 5.06. The number of carbonyl (C=O) groups is 1. The van der Waals surface area contributed by atoms with Crippen LogP contribution < -0.4 is 29.6 Å². The maximum absolute atomic E-state index is 10.9. The van der Waals surface area contributed by atoms with Gasteiger partial charge in [-0.2, -0.15) is 0 Å². The van der Waals surface area contributed by atoms with Gasteiger partial charge in [-0.3, -0.25) is 4.79 Å². The van der Waals surface area contributed by atoms with Crippen molar-refractivity contribution in [3.8, 4) is 0 Å². The van der Waals surface area contributed by atoms with Crippen LogP contribution in [0.3, 0.4) is 0 Å². The van der Waals surface area contributed by atoms with E-state index in [1.165, 1.54) is 5.56 Å². The molecule has 0 aromatic heterocycles. The molecule has 2 aliphatic rings. The second-order valence-electron chi connectivity index (χ2n) is 3.40. The Balaban J connectivity index is 0.000000750. The number of hydrogen-bond donors (Lipinski definition) is 0. The van der Waals surface area contributed by atoms with Crippen molar-refractivity contribution in [2.45, 2.75) is 18.6 Å². The first-order valence-corrected chi connectivity index (χ1v) is 4.34. The van der Waals surface area contributed by atoms with Crippen LogP contribution in [-0.4, -0.2) is 12.2 Å². The number of hydrogen-bond acceptors (Lipinski definition) is 2. The van der Waals surface area contributed by atoms with Gasteiger partial charge in [0.25, 0.3) is 0 Å². The molecule has 3 nitrogen and oxygen atoms in total. The number of fused-ring (bicyclic) bond motifs is 3. The molecule has 1 fully saturated rings. The molecule has 0 unspecified atom stereocenters. The van der Waals surface area contributed by atoms with Crippen LogP contribution >= 0.6 is 0 Å². The molecule has 2 atom stereocenters. The largest absolute Gasteiger partial charge is 1.00 e. The van der Waals surface area contributed by atoms with Crippen LogP contribution in [0.25, 0.3) is 5.32 Å². The quantitative estimate of drug-likeness (QED) is 0.510. The zero-order chi connectivity index (χ0) is 8.84. The summed E-state index contributed by atoms with van der Waals surface area (Å²) in [4.78, 5) is 10.9. The van der Waals surface area contributed by atoms with Gasteiger partial charge in [0.2, 0.25) is 6.09 Å². The third-order valence-corrected chi connectivity index (χ3v) is 2.64. The molecule has 1 saturated heterocycles. The summed E-state index contributed by atoms with van der Waals surface area (Å²) in [5.41, 5.74) is 2.41. The van der Waals surface area contributed by atoms with E-state index in [0.29, 0.717) is 0 Å². The van der Waals surface area contributed by atoms with Gasteiger partial charge in [-0.15, -0.1) is 0 Å². The molecule has 1 aliphatic carbocycles. The van der Waals surface area contributed by atoms with E-state index in [1.807, 2.05) is 18.2 Å². The van der Waals surface area contributed by atoms with E-state index >= 15 is 0 Å². The number of benzene rings is 1. The summed E-state index contributed by atoms with van der Waals surface area (Å²) in [5, 5.41) is 3.93. The predicted octanol–water partition coefficient (Wildman–Crippen LogP) is -0.820. The second kappa shape index (κ2) is 3.57. The predicted molar refractivity (Wildman–Crippen MR) is 46.5 cm³/mol. The minimum atomic E-state index is -0.412. The zero-order valence-electron chi connectivity index (χ0n) is 7.93. The molecule has 1 aromatic carbocycles.